The minimum absolute atomic E-state index is 0.0914. The fourth-order valence-electron chi connectivity index (χ4n) is 1.74. The molecule has 0 heterocycles. The summed E-state index contributed by atoms with van der Waals surface area (Å²) in [4.78, 5) is 10.5. The average molecular weight is 259 g/mol. The van der Waals surface area contributed by atoms with Crippen molar-refractivity contribution in [2.75, 3.05) is 0 Å². The lowest BCUT2D eigenvalue weighted by Crippen LogP contribution is -1.96. The van der Waals surface area contributed by atoms with Crippen molar-refractivity contribution in [3.05, 3.63) is 57.6 Å². The molecule has 0 amide bonds. The number of nitrogens with zero attached hydrogens (tertiary/aromatic N) is 1. The molecule has 0 saturated heterocycles. The molecule has 0 spiro atoms. The van der Waals surface area contributed by atoms with Crippen LogP contribution in [-0.4, -0.2) is 10.0 Å². The highest BCUT2D eigenvalue weighted by molar-refractivity contribution is 5.54. The molecule has 0 bridgehead atoms. The topological polar surface area (TPSA) is 72.6 Å². The standard InChI is InChI=1S/C14H13NO4/c1-9-5-3-6-11(15(17)18)14(9)19-13-8-4-7-12(16)10(13)2/h3-8,16H,1-2H3. The van der Waals surface area contributed by atoms with Gasteiger partial charge in [-0.15, -0.1) is 0 Å². The van der Waals surface area contributed by atoms with Crippen LogP contribution in [0.15, 0.2) is 36.4 Å². The minimum Gasteiger partial charge on any atom is -0.508 e. The molecule has 5 nitrogen and oxygen atoms in total. The van der Waals surface area contributed by atoms with E-state index in [1.807, 2.05) is 0 Å². The van der Waals surface area contributed by atoms with Crippen molar-refractivity contribution in [1.29, 1.82) is 0 Å². The highest BCUT2D eigenvalue weighted by Crippen LogP contribution is 2.37. The third kappa shape index (κ3) is 2.49. The third-order valence-corrected chi connectivity index (χ3v) is 2.86. The Morgan fingerprint density at radius 3 is 2.53 bits per heavy atom. The van der Waals surface area contributed by atoms with Gasteiger partial charge in [-0.2, -0.15) is 0 Å². The molecule has 2 aromatic carbocycles. The van der Waals surface area contributed by atoms with Crippen LogP contribution in [0.5, 0.6) is 17.2 Å². The largest absolute Gasteiger partial charge is 0.508 e. The molecular weight excluding hydrogens is 246 g/mol. The number of para-hydroxylation sites is 1. The molecular formula is C14H13NO4. The van der Waals surface area contributed by atoms with E-state index >= 15 is 0 Å². The maximum Gasteiger partial charge on any atom is 0.311 e. The van der Waals surface area contributed by atoms with Crippen LogP contribution in [0, 0.1) is 24.0 Å². The molecule has 0 aliphatic rings. The molecule has 2 aromatic rings. The molecule has 0 atom stereocenters. The summed E-state index contributed by atoms with van der Waals surface area (Å²) in [5.74, 6) is 0.687. The van der Waals surface area contributed by atoms with Gasteiger partial charge < -0.3 is 9.84 Å². The van der Waals surface area contributed by atoms with Gasteiger partial charge in [0.05, 0.1) is 4.92 Å². The molecule has 0 unspecified atom stereocenters. The lowest BCUT2D eigenvalue weighted by Gasteiger charge is -2.11. The normalized spacial score (nSPS) is 10.2. The quantitative estimate of drug-likeness (QED) is 0.673. The fraction of sp³-hybridized carbons (Fsp3) is 0.143. The first-order valence-electron chi connectivity index (χ1n) is 5.71. The van der Waals surface area contributed by atoms with Crippen LogP contribution >= 0.6 is 0 Å². The Balaban J connectivity index is 2.49. The second-order valence-corrected chi connectivity index (χ2v) is 4.18. The smallest absolute Gasteiger partial charge is 0.311 e. The second kappa shape index (κ2) is 4.97. The number of phenols is 1. The lowest BCUT2D eigenvalue weighted by atomic mass is 10.1. The third-order valence-electron chi connectivity index (χ3n) is 2.86. The number of aryl methyl sites for hydroxylation is 1. The highest BCUT2D eigenvalue weighted by atomic mass is 16.6. The molecule has 0 radical (unpaired) electrons. The van der Waals surface area contributed by atoms with E-state index in [-0.39, 0.29) is 17.2 Å². The zero-order chi connectivity index (χ0) is 14.0. The number of rotatable bonds is 3. The van der Waals surface area contributed by atoms with Crippen LogP contribution in [0.1, 0.15) is 11.1 Å². The maximum atomic E-state index is 11.0. The van der Waals surface area contributed by atoms with E-state index in [2.05, 4.69) is 0 Å². The van der Waals surface area contributed by atoms with Crippen LogP contribution in [0.3, 0.4) is 0 Å². The number of nitro benzene ring substituents is 1. The van der Waals surface area contributed by atoms with Crippen molar-refractivity contribution in [2.45, 2.75) is 13.8 Å². The Bertz CT molecular complexity index is 637. The Hall–Kier alpha value is -2.56. The van der Waals surface area contributed by atoms with Crippen LogP contribution in [-0.2, 0) is 0 Å². The zero-order valence-corrected chi connectivity index (χ0v) is 10.6. The Labute approximate surface area is 110 Å². The van der Waals surface area contributed by atoms with Crippen molar-refractivity contribution in [3.63, 3.8) is 0 Å². The first-order chi connectivity index (χ1) is 9.00. The van der Waals surface area contributed by atoms with E-state index in [0.29, 0.717) is 16.9 Å². The molecule has 98 valence electrons. The average Bonchev–Trinajstić information content (AvgIpc) is 2.36. The van der Waals surface area contributed by atoms with E-state index in [0.717, 1.165) is 0 Å². The summed E-state index contributed by atoms with van der Waals surface area (Å²) in [5.41, 5.74) is 1.11. The van der Waals surface area contributed by atoms with Crippen molar-refractivity contribution in [1.82, 2.24) is 0 Å². The number of benzene rings is 2. The molecule has 0 aromatic heterocycles. The monoisotopic (exact) mass is 259 g/mol. The van der Waals surface area contributed by atoms with Gasteiger partial charge in [-0.1, -0.05) is 18.2 Å². The van der Waals surface area contributed by atoms with Gasteiger partial charge in [0.15, 0.2) is 0 Å². The van der Waals surface area contributed by atoms with Crippen LogP contribution in [0.25, 0.3) is 0 Å². The molecule has 0 saturated carbocycles. The van der Waals surface area contributed by atoms with E-state index in [1.54, 1.807) is 38.1 Å². The van der Waals surface area contributed by atoms with Crippen LogP contribution in [0.4, 0.5) is 5.69 Å². The maximum absolute atomic E-state index is 11.0. The molecule has 0 aliphatic carbocycles. The number of phenolic OH excluding ortho intramolecular Hbond substituents is 1. The number of hydrogen-bond acceptors (Lipinski definition) is 4. The number of nitro groups is 1. The summed E-state index contributed by atoms with van der Waals surface area (Å²) in [7, 11) is 0. The van der Waals surface area contributed by atoms with Gasteiger partial charge in [0.1, 0.15) is 11.5 Å². The van der Waals surface area contributed by atoms with Crippen LogP contribution in [0.2, 0.25) is 0 Å². The van der Waals surface area contributed by atoms with Crippen molar-refractivity contribution >= 4 is 5.69 Å². The van der Waals surface area contributed by atoms with E-state index in [1.165, 1.54) is 12.1 Å². The van der Waals surface area contributed by atoms with Gasteiger partial charge in [0.2, 0.25) is 5.75 Å². The highest BCUT2D eigenvalue weighted by Gasteiger charge is 2.18. The van der Waals surface area contributed by atoms with E-state index in [4.69, 9.17) is 4.74 Å². The van der Waals surface area contributed by atoms with Gasteiger partial charge >= 0.3 is 5.69 Å². The molecule has 5 heteroatoms. The van der Waals surface area contributed by atoms with Crippen molar-refractivity contribution in [3.8, 4) is 17.2 Å². The number of aromatic hydroxyl groups is 1. The molecule has 0 fully saturated rings. The Morgan fingerprint density at radius 2 is 1.84 bits per heavy atom. The summed E-state index contributed by atoms with van der Waals surface area (Å²) in [6.45, 7) is 3.43. The van der Waals surface area contributed by atoms with Gasteiger partial charge in [-0.25, -0.2) is 0 Å². The Morgan fingerprint density at radius 1 is 1.16 bits per heavy atom. The summed E-state index contributed by atoms with van der Waals surface area (Å²) in [5, 5.41) is 20.6. The molecule has 19 heavy (non-hydrogen) atoms. The first-order valence-corrected chi connectivity index (χ1v) is 5.71. The Kier molecular flexibility index (Phi) is 3.37. The van der Waals surface area contributed by atoms with Gasteiger partial charge in [0.25, 0.3) is 0 Å². The van der Waals surface area contributed by atoms with Gasteiger partial charge in [-0.05, 0) is 31.5 Å². The lowest BCUT2D eigenvalue weighted by molar-refractivity contribution is -0.385. The minimum atomic E-state index is -0.486. The zero-order valence-electron chi connectivity index (χ0n) is 10.6. The van der Waals surface area contributed by atoms with E-state index in [9.17, 15) is 15.2 Å². The summed E-state index contributed by atoms with van der Waals surface area (Å²) >= 11 is 0. The molecule has 1 N–H and O–H groups in total. The van der Waals surface area contributed by atoms with Crippen molar-refractivity contribution < 1.29 is 14.8 Å². The molecule has 0 aliphatic heterocycles. The predicted molar refractivity (Wildman–Crippen MR) is 70.8 cm³/mol. The summed E-state index contributed by atoms with van der Waals surface area (Å²) in [6, 6.07) is 9.55. The SMILES string of the molecule is Cc1cccc([N+](=O)[O-])c1Oc1cccc(O)c1C. The predicted octanol–water partition coefficient (Wildman–Crippen LogP) is 3.71. The second-order valence-electron chi connectivity index (χ2n) is 4.18. The fourth-order valence-corrected chi connectivity index (χ4v) is 1.74. The number of ether oxygens (including phenoxy) is 1. The summed E-state index contributed by atoms with van der Waals surface area (Å²) < 4.78 is 5.61. The van der Waals surface area contributed by atoms with Gasteiger partial charge in [-0.3, -0.25) is 10.1 Å². The van der Waals surface area contributed by atoms with E-state index < -0.39 is 4.92 Å². The summed E-state index contributed by atoms with van der Waals surface area (Å²) in [6.07, 6.45) is 0. The first kappa shape index (κ1) is 12.9. The molecule has 2 rings (SSSR count). The van der Waals surface area contributed by atoms with Gasteiger partial charge in [0, 0.05) is 11.6 Å². The van der Waals surface area contributed by atoms with Crippen LogP contribution < -0.4 is 4.74 Å². The van der Waals surface area contributed by atoms with Crippen molar-refractivity contribution in [2.24, 2.45) is 0 Å². The number of hydrogen-bond donors (Lipinski definition) is 1.